The largest absolute Gasteiger partial charge is 0.389 e. The fourth-order valence-corrected chi connectivity index (χ4v) is 3.66. The highest BCUT2D eigenvalue weighted by molar-refractivity contribution is 5.98. The van der Waals surface area contributed by atoms with Gasteiger partial charge >= 0.3 is 0 Å². The molecule has 1 aliphatic carbocycles. The number of nitrogens with zero attached hydrogens (tertiary/aromatic N) is 1. The molecule has 1 aliphatic rings. The van der Waals surface area contributed by atoms with Crippen LogP contribution in [0.1, 0.15) is 28.9 Å². The SMILES string of the molecule is O=C(c1cc(-c2ccccc2)ccn1)C1CC(c2ccccc2)=CC(O)C1. The highest BCUT2D eigenvalue weighted by Gasteiger charge is 2.29. The molecule has 134 valence electrons. The third kappa shape index (κ3) is 3.88. The first kappa shape index (κ1) is 17.4. The van der Waals surface area contributed by atoms with E-state index in [1.165, 1.54) is 0 Å². The minimum absolute atomic E-state index is 0.00615. The molecule has 2 unspecified atom stereocenters. The Morgan fingerprint density at radius 3 is 2.26 bits per heavy atom. The molecule has 1 aromatic heterocycles. The maximum atomic E-state index is 13.1. The number of rotatable bonds is 4. The summed E-state index contributed by atoms with van der Waals surface area (Å²) >= 11 is 0. The van der Waals surface area contributed by atoms with E-state index in [2.05, 4.69) is 4.98 Å². The molecule has 0 aliphatic heterocycles. The number of allylic oxidation sites excluding steroid dienone is 1. The molecule has 0 radical (unpaired) electrons. The zero-order valence-electron chi connectivity index (χ0n) is 15.0. The number of carbonyl (C=O) groups is 1. The van der Waals surface area contributed by atoms with E-state index >= 15 is 0 Å². The van der Waals surface area contributed by atoms with Gasteiger partial charge in [-0.05, 0) is 47.2 Å². The molecular formula is C24H21NO2. The summed E-state index contributed by atoms with van der Waals surface area (Å²) in [6.07, 6.45) is 4.00. The topological polar surface area (TPSA) is 50.2 Å². The molecule has 1 N–H and O–H groups in total. The third-order valence-electron chi connectivity index (χ3n) is 5.02. The van der Waals surface area contributed by atoms with Crippen LogP contribution in [-0.2, 0) is 0 Å². The lowest BCUT2D eigenvalue weighted by Crippen LogP contribution is -2.25. The Labute approximate surface area is 159 Å². The van der Waals surface area contributed by atoms with Gasteiger partial charge < -0.3 is 5.11 Å². The monoisotopic (exact) mass is 355 g/mol. The lowest BCUT2D eigenvalue weighted by Gasteiger charge is -2.25. The maximum Gasteiger partial charge on any atom is 0.184 e. The second-order valence-corrected chi connectivity index (χ2v) is 6.92. The van der Waals surface area contributed by atoms with Gasteiger partial charge in [0.25, 0.3) is 0 Å². The summed E-state index contributed by atoms with van der Waals surface area (Å²) in [6, 6.07) is 23.7. The first-order valence-electron chi connectivity index (χ1n) is 9.20. The summed E-state index contributed by atoms with van der Waals surface area (Å²) in [4.78, 5) is 17.4. The summed E-state index contributed by atoms with van der Waals surface area (Å²) < 4.78 is 0. The van der Waals surface area contributed by atoms with Crippen LogP contribution in [0.15, 0.2) is 85.1 Å². The molecule has 27 heavy (non-hydrogen) atoms. The van der Waals surface area contributed by atoms with Crippen LogP contribution >= 0.6 is 0 Å². The van der Waals surface area contributed by atoms with Crippen LogP contribution < -0.4 is 0 Å². The molecule has 3 aromatic rings. The van der Waals surface area contributed by atoms with Gasteiger partial charge in [0.2, 0.25) is 0 Å². The number of Topliss-reactive ketones (excluding diaryl/α,β-unsaturated/α-hetero) is 1. The number of aromatic nitrogens is 1. The average molecular weight is 355 g/mol. The number of carbonyl (C=O) groups excluding carboxylic acids is 1. The van der Waals surface area contributed by atoms with Crippen LogP contribution in [0.3, 0.4) is 0 Å². The van der Waals surface area contributed by atoms with Crippen molar-refractivity contribution >= 4 is 11.4 Å². The Hall–Kier alpha value is -3.04. The summed E-state index contributed by atoms with van der Waals surface area (Å²) in [6.45, 7) is 0. The predicted octanol–water partition coefficient (Wildman–Crippen LogP) is 4.79. The minimum Gasteiger partial charge on any atom is -0.389 e. The second kappa shape index (κ2) is 7.68. The van der Waals surface area contributed by atoms with Gasteiger partial charge in [-0.1, -0.05) is 66.7 Å². The first-order chi connectivity index (χ1) is 13.2. The zero-order chi connectivity index (χ0) is 18.6. The Morgan fingerprint density at radius 1 is 0.889 bits per heavy atom. The molecule has 0 saturated heterocycles. The van der Waals surface area contributed by atoms with Crippen LogP contribution in [0.25, 0.3) is 16.7 Å². The molecule has 0 bridgehead atoms. The zero-order valence-corrected chi connectivity index (χ0v) is 15.0. The van der Waals surface area contributed by atoms with Crippen molar-refractivity contribution in [1.82, 2.24) is 4.98 Å². The van der Waals surface area contributed by atoms with Crippen molar-refractivity contribution in [3.63, 3.8) is 0 Å². The van der Waals surface area contributed by atoms with Gasteiger partial charge in [-0.2, -0.15) is 0 Å². The van der Waals surface area contributed by atoms with Crippen molar-refractivity contribution in [1.29, 1.82) is 0 Å². The van der Waals surface area contributed by atoms with Gasteiger partial charge in [-0.15, -0.1) is 0 Å². The van der Waals surface area contributed by atoms with E-state index in [1.807, 2.05) is 78.9 Å². The molecule has 0 amide bonds. The van der Waals surface area contributed by atoms with Crippen molar-refractivity contribution in [3.8, 4) is 11.1 Å². The van der Waals surface area contributed by atoms with Gasteiger partial charge in [-0.25, -0.2) is 0 Å². The maximum absolute atomic E-state index is 13.1. The van der Waals surface area contributed by atoms with Crippen LogP contribution in [0, 0.1) is 5.92 Å². The van der Waals surface area contributed by atoms with Gasteiger partial charge in [0.05, 0.1) is 6.10 Å². The standard InChI is InChI=1S/C24H21NO2/c26-22-14-20(18-9-5-2-6-10-18)13-21(15-22)24(27)23-16-19(11-12-25-23)17-7-3-1-4-8-17/h1-12,14,16,21-22,26H,13,15H2. The molecular weight excluding hydrogens is 334 g/mol. The molecule has 4 rings (SSSR count). The molecule has 2 aromatic carbocycles. The van der Waals surface area contributed by atoms with Crippen molar-refractivity contribution in [2.75, 3.05) is 0 Å². The van der Waals surface area contributed by atoms with Gasteiger partial charge in [0.1, 0.15) is 5.69 Å². The van der Waals surface area contributed by atoms with E-state index in [-0.39, 0.29) is 11.7 Å². The molecule has 3 heteroatoms. The quantitative estimate of drug-likeness (QED) is 0.685. The Balaban J connectivity index is 1.59. The summed E-state index contributed by atoms with van der Waals surface area (Å²) in [5.74, 6) is -0.271. The van der Waals surface area contributed by atoms with E-state index in [9.17, 15) is 9.90 Å². The summed E-state index contributed by atoms with van der Waals surface area (Å²) in [5.41, 5.74) is 4.57. The van der Waals surface area contributed by atoms with Crippen molar-refractivity contribution in [2.45, 2.75) is 18.9 Å². The lowest BCUT2D eigenvalue weighted by molar-refractivity contribution is 0.0859. The van der Waals surface area contributed by atoms with Crippen LogP contribution in [0.2, 0.25) is 0 Å². The number of aliphatic hydroxyl groups excluding tert-OH is 1. The predicted molar refractivity (Wildman–Crippen MR) is 107 cm³/mol. The second-order valence-electron chi connectivity index (χ2n) is 6.92. The number of pyridine rings is 1. The highest BCUT2D eigenvalue weighted by Crippen LogP contribution is 2.33. The summed E-state index contributed by atoms with van der Waals surface area (Å²) in [5, 5.41) is 10.3. The lowest BCUT2D eigenvalue weighted by atomic mass is 9.81. The van der Waals surface area contributed by atoms with Crippen LogP contribution in [0.4, 0.5) is 0 Å². The molecule has 0 spiro atoms. The summed E-state index contributed by atoms with van der Waals surface area (Å²) in [7, 11) is 0. The van der Waals surface area contributed by atoms with Gasteiger partial charge in [-0.3, -0.25) is 9.78 Å². The van der Waals surface area contributed by atoms with Gasteiger partial charge in [0.15, 0.2) is 5.78 Å². The number of hydrogen-bond donors (Lipinski definition) is 1. The molecule has 0 fully saturated rings. The van der Waals surface area contributed by atoms with Crippen LogP contribution in [-0.4, -0.2) is 22.0 Å². The van der Waals surface area contributed by atoms with Crippen molar-refractivity contribution < 1.29 is 9.90 Å². The Kier molecular flexibility index (Phi) is 4.95. The van der Waals surface area contributed by atoms with Gasteiger partial charge in [0, 0.05) is 12.1 Å². The smallest absolute Gasteiger partial charge is 0.184 e. The molecule has 0 saturated carbocycles. The number of ketones is 1. The van der Waals surface area contributed by atoms with E-state index in [0.29, 0.717) is 18.5 Å². The molecule has 2 atom stereocenters. The van der Waals surface area contributed by atoms with Crippen LogP contribution in [0.5, 0.6) is 0 Å². The fourth-order valence-electron chi connectivity index (χ4n) is 3.66. The molecule has 3 nitrogen and oxygen atoms in total. The van der Waals surface area contributed by atoms with Crippen molar-refractivity contribution in [3.05, 3.63) is 96.3 Å². The minimum atomic E-state index is -0.611. The normalized spacial score (nSPS) is 19.4. The number of benzene rings is 2. The third-order valence-corrected chi connectivity index (χ3v) is 5.02. The van der Waals surface area contributed by atoms with Crippen molar-refractivity contribution in [2.24, 2.45) is 5.92 Å². The van der Waals surface area contributed by atoms with E-state index < -0.39 is 6.10 Å². The van der Waals surface area contributed by atoms with E-state index in [4.69, 9.17) is 0 Å². The van der Waals surface area contributed by atoms with E-state index in [0.717, 1.165) is 22.3 Å². The highest BCUT2D eigenvalue weighted by atomic mass is 16.3. The first-order valence-corrected chi connectivity index (χ1v) is 9.20. The average Bonchev–Trinajstić information content (AvgIpc) is 2.74. The Morgan fingerprint density at radius 2 is 1.56 bits per heavy atom. The van der Waals surface area contributed by atoms with E-state index in [1.54, 1.807) is 6.20 Å². The number of aliphatic hydroxyl groups is 1. The number of hydrogen-bond acceptors (Lipinski definition) is 3. The molecule has 1 heterocycles. The Bertz CT molecular complexity index is 964. The fraction of sp³-hybridized carbons (Fsp3) is 0.167.